The Morgan fingerprint density at radius 2 is 1.83 bits per heavy atom. The lowest BCUT2D eigenvalue weighted by atomic mass is 9.76. The molecular weight excluding hydrogens is 228 g/mol. The molecule has 0 aromatic heterocycles. The van der Waals surface area contributed by atoms with E-state index in [1.165, 1.54) is 5.56 Å². The average Bonchev–Trinajstić information content (AvgIpc) is 2.44. The van der Waals surface area contributed by atoms with Crippen LogP contribution >= 0.6 is 0 Å². The Morgan fingerprint density at radius 3 is 2.39 bits per heavy atom. The molecule has 1 rings (SSSR count). The topological polar surface area (TPSA) is 38.7 Å². The van der Waals surface area contributed by atoms with Crippen molar-refractivity contribution in [3.8, 4) is 0 Å². The van der Waals surface area contributed by atoms with Gasteiger partial charge in [-0.15, -0.1) is 0 Å². The highest BCUT2D eigenvalue weighted by Crippen LogP contribution is 2.31. The zero-order valence-corrected chi connectivity index (χ0v) is 11.4. The SMILES string of the molecule is CCC(CO)(CCOCCOC)c1ccccc1. The summed E-state index contributed by atoms with van der Waals surface area (Å²) in [7, 11) is 1.66. The van der Waals surface area contributed by atoms with E-state index in [9.17, 15) is 5.11 Å². The van der Waals surface area contributed by atoms with E-state index in [0.29, 0.717) is 19.8 Å². The summed E-state index contributed by atoms with van der Waals surface area (Å²) in [4.78, 5) is 0. The second-order valence-corrected chi connectivity index (χ2v) is 4.51. The van der Waals surface area contributed by atoms with Crippen molar-refractivity contribution in [2.45, 2.75) is 25.2 Å². The molecule has 1 atom stereocenters. The van der Waals surface area contributed by atoms with Crippen LogP contribution in [0.1, 0.15) is 25.3 Å². The van der Waals surface area contributed by atoms with E-state index in [1.54, 1.807) is 7.11 Å². The fourth-order valence-electron chi connectivity index (χ4n) is 2.11. The highest BCUT2D eigenvalue weighted by molar-refractivity contribution is 5.25. The summed E-state index contributed by atoms with van der Waals surface area (Å²) in [5.74, 6) is 0. The third-order valence-corrected chi connectivity index (χ3v) is 3.52. The maximum Gasteiger partial charge on any atom is 0.0700 e. The minimum atomic E-state index is -0.186. The van der Waals surface area contributed by atoms with E-state index in [1.807, 2.05) is 18.2 Å². The lowest BCUT2D eigenvalue weighted by Gasteiger charge is -2.31. The molecule has 18 heavy (non-hydrogen) atoms. The monoisotopic (exact) mass is 252 g/mol. The van der Waals surface area contributed by atoms with Gasteiger partial charge in [-0.05, 0) is 18.4 Å². The minimum absolute atomic E-state index is 0.154. The molecule has 3 heteroatoms. The molecule has 1 aromatic rings. The Morgan fingerprint density at radius 1 is 1.11 bits per heavy atom. The smallest absolute Gasteiger partial charge is 0.0700 e. The number of hydrogen-bond acceptors (Lipinski definition) is 3. The van der Waals surface area contributed by atoms with E-state index in [0.717, 1.165) is 12.8 Å². The molecule has 0 bridgehead atoms. The summed E-state index contributed by atoms with van der Waals surface area (Å²) in [6, 6.07) is 10.2. The van der Waals surface area contributed by atoms with Crippen LogP contribution in [0.4, 0.5) is 0 Å². The van der Waals surface area contributed by atoms with Crippen molar-refractivity contribution >= 4 is 0 Å². The standard InChI is InChI=1S/C15H24O3/c1-3-15(13-16,9-10-18-12-11-17-2)14-7-5-4-6-8-14/h4-8,16H,3,9-13H2,1-2H3. The molecular formula is C15H24O3. The van der Waals surface area contributed by atoms with Gasteiger partial charge in [0.15, 0.2) is 0 Å². The second kappa shape index (κ2) is 8.25. The van der Waals surface area contributed by atoms with Crippen LogP contribution in [0.5, 0.6) is 0 Å². The first-order chi connectivity index (χ1) is 8.79. The van der Waals surface area contributed by atoms with Crippen LogP contribution in [0.2, 0.25) is 0 Å². The van der Waals surface area contributed by atoms with Gasteiger partial charge >= 0.3 is 0 Å². The molecule has 3 nitrogen and oxygen atoms in total. The van der Waals surface area contributed by atoms with Gasteiger partial charge in [-0.3, -0.25) is 0 Å². The molecule has 0 saturated heterocycles. The maximum atomic E-state index is 9.75. The summed E-state index contributed by atoms with van der Waals surface area (Å²) in [6.07, 6.45) is 1.73. The van der Waals surface area contributed by atoms with E-state index >= 15 is 0 Å². The Hall–Kier alpha value is -0.900. The largest absolute Gasteiger partial charge is 0.395 e. The lowest BCUT2D eigenvalue weighted by Crippen LogP contribution is -2.31. The molecule has 0 fully saturated rings. The number of hydrogen-bond donors (Lipinski definition) is 1. The number of benzene rings is 1. The van der Waals surface area contributed by atoms with Gasteiger partial charge in [-0.25, -0.2) is 0 Å². The van der Waals surface area contributed by atoms with E-state index in [-0.39, 0.29) is 12.0 Å². The van der Waals surface area contributed by atoms with Crippen LogP contribution in [0.25, 0.3) is 0 Å². The fourth-order valence-corrected chi connectivity index (χ4v) is 2.11. The highest BCUT2D eigenvalue weighted by Gasteiger charge is 2.29. The normalized spacial score (nSPS) is 14.4. The molecule has 0 amide bonds. The zero-order chi connectivity index (χ0) is 13.3. The molecule has 1 unspecified atom stereocenters. The molecule has 0 spiro atoms. The van der Waals surface area contributed by atoms with Gasteiger partial charge in [0.05, 0.1) is 19.8 Å². The van der Waals surface area contributed by atoms with Crippen molar-refractivity contribution in [3.05, 3.63) is 35.9 Å². The Bertz CT molecular complexity index is 307. The predicted octanol–water partition coefficient (Wildman–Crippen LogP) is 2.38. The third kappa shape index (κ3) is 4.09. The highest BCUT2D eigenvalue weighted by atomic mass is 16.5. The molecule has 1 N–H and O–H groups in total. The van der Waals surface area contributed by atoms with Crippen molar-refractivity contribution in [2.24, 2.45) is 0 Å². The van der Waals surface area contributed by atoms with Crippen molar-refractivity contribution < 1.29 is 14.6 Å². The van der Waals surface area contributed by atoms with E-state index in [4.69, 9.17) is 9.47 Å². The molecule has 0 radical (unpaired) electrons. The fraction of sp³-hybridized carbons (Fsp3) is 0.600. The number of rotatable bonds is 9. The lowest BCUT2D eigenvalue weighted by molar-refractivity contribution is 0.0520. The Kier molecular flexibility index (Phi) is 6.94. The summed E-state index contributed by atoms with van der Waals surface area (Å²) in [5, 5.41) is 9.75. The van der Waals surface area contributed by atoms with Crippen LogP contribution in [0.15, 0.2) is 30.3 Å². The van der Waals surface area contributed by atoms with Gasteiger partial charge in [-0.1, -0.05) is 37.3 Å². The summed E-state index contributed by atoms with van der Waals surface area (Å²) < 4.78 is 10.5. The van der Waals surface area contributed by atoms with Crippen LogP contribution < -0.4 is 0 Å². The van der Waals surface area contributed by atoms with E-state index in [2.05, 4.69) is 19.1 Å². The first kappa shape index (κ1) is 15.2. The molecule has 0 aliphatic heterocycles. The van der Waals surface area contributed by atoms with Gasteiger partial charge in [0, 0.05) is 19.1 Å². The zero-order valence-electron chi connectivity index (χ0n) is 11.4. The molecule has 0 saturated carbocycles. The number of ether oxygens (including phenoxy) is 2. The van der Waals surface area contributed by atoms with Crippen molar-refractivity contribution in [1.29, 1.82) is 0 Å². The second-order valence-electron chi connectivity index (χ2n) is 4.51. The van der Waals surface area contributed by atoms with Crippen LogP contribution in [0.3, 0.4) is 0 Å². The quantitative estimate of drug-likeness (QED) is 0.686. The first-order valence-corrected chi connectivity index (χ1v) is 6.52. The Labute approximate surface area is 110 Å². The summed E-state index contributed by atoms with van der Waals surface area (Å²) >= 11 is 0. The van der Waals surface area contributed by atoms with Gasteiger partial charge in [0.1, 0.15) is 0 Å². The molecule has 1 aromatic carbocycles. The third-order valence-electron chi connectivity index (χ3n) is 3.52. The van der Waals surface area contributed by atoms with Crippen LogP contribution in [-0.4, -0.2) is 38.6 Å². The molecule has 0 heterocycles. The average molecular weight is 252 g/mol. The van der Waals surface area contributed by atoms with Crippen molar-refractivity contribution in [2.75, 3.05) is 33.5 Å². The van der Waals surface area contributed by atoms with Crippen LogP contribution in [0, 0.1) is 0 Å². The Balaban J connectivity index is 2.58. The molecule has 0 aliphatic carbocycles. The van der Waals surface area contributed by atoms with Gasteiger partial charge in [0.25, 0.3) is 0 Å². The minimum Gasteiger partial charge on any atom is -0.395 e. The number of aliphatic hydroxyl groups is 1. The summed E-state index contributed by atoms with van der Waals surface area (Å²) in [5.41, 5.74) is 0.999. The molecule has 0 aliphatic rings. The predicted molar refractivity (Wildman–Crippen MR) is 72.8 cm³/mol. The van der Waals surface area contributed by atoms with Crippen molar-refractivity contribution in [3.63, 3.8) is 0 Å². The summed E-state index contributed by atoms with van der Waals surface area (Å²) in [6.45, 7) is 4.13. The van der Waals surface area contributed by atoms with Crippen molar-refractivity contribution in [1.82, 2.24) is 0 Å². The maximum absolute atomic E-state index is 9.75. The number of methoxy groups -OCH3 is 1. The first-order valence-electron chi connectivity index (χ1n) is 6.52. The van der Waals surface area contributed by atoms with Crippen LogP contribution in [-0.2, 0) is 14.9 Å². The van der Waals surface area contributed by atoms with Gasteiger partial charge in [-0.2, -0.15) is 0 Å². The number of aliphatic hydroxyl groups excluding tert-OH is 1. The van der Waals surface area contributed by atoms with Gasteiger partial charge < -0.3 is 14.6 Å². The van der Waals surface area contributed by atoms with Gasteiger partial charge in [0.2, 0.25) is 0 Å². The molecule has 102 valence electrons. The van der Waals surface area contributed by atoms with E-state index < -0.39 is 0 Å².